The summed E-state index contributed by atoms with van der Waals surface area (Å²) < 4.78 is 1.48. The van der Waals surface area contributed by atoms with Crippen LogP contribution in [0.1, 0.15) is 22.0 Å². The Hall–Kier alpha value is -2.06. The van der Waals surface area contributed by atoms with Gasteiger partial charge in [-0.25, -0.2) is 9.50 Å². The molecule has 0 spiro atoms. The molecule has 2 heterocycles. The minimum absolute atomic E-state index is 0.0219. The molecule has 102 valence electrons. The molecule has 1 amide bonds. The van der Waals surface area contributed by atoms with E-state index < -0.39 is 18.6 Å². The SMILES string of the molecule is Cc1cc(C)n2nc(C(=O)NCC(O)CO)nc2n1. The summed E-state index contributed by atoms with van der Waals surface area (Å²) in [6.45, 7) is 3.20. The van der Waals surface area contributed by atoms with Crippen molar-refractivity contribution >= 4 is 11.7 Å². The van der Waals surface area contributed by atoms with Crippen molar-refractivity contribution in [3.8, 4) is 0 Å². The summed E-state index contributed by atoms with van der Waals surface area (Å²) in [7, 11) is 0. The first-order valence-corrected chi connectivity index (χ1v) is 5.79. The molecule has 1 atom stereocenters. The number of nitrogens with one attached hydrogen (secondary N) is 1. The molecule has 2 rings (SSSR count). The van der Waals surface area contributed by atoms with Crippen LogP contribution in [0.15, 0.2) is 6.07 Å². The normalized spacial score (nSPS) is 12.6. The second-order valence-corrected chi connectivity index (χ2v) is 4.23. The Kier molecular flexibility index (Phi) is 3.72. The highest BCUT2D eigenvalue weighted by Gasteiger charge is 2.15. The van der Waals surface area contributed by atoms with Crippen LogP contribution in [0.5, 0.6) is 0 Å². The van der Waals surface area contributed by atoms with Gasteiger partial charge >= 0.3 is 0 Å². The zero-order valence-electron chi connectivity index (χ0n) is 10.7. The average Bonchev–Trinajstić information content (AvgIpc) is 2.79. The lowest BCUT2D eigenvalue weighted by Crippen LogP contribution is -2.34. The average molecular weight is 265 g/mol. The second kappa shape index (κ2) is 5.29. The van der Waals surface area contributed by atoms with Crippen molar-refractivity contribution in [2.45, 2.75) is 20.0 Å². The summed E-state index contributed by atoms with van der Waals surface area (Å²) in [5.41, 5.74) is 1.62. The number of hydrogen-bond acceptors (Lipinski definition) is 6. The largest absolute Gasteiger partial charge is 0.394 e. The van der Waals surface area contributed by atoms with Crippen molar-refractivity contribution in [2.24, 2.45) is 0 Å². The smallest absolute Gasteiger partial charge is 0.291 e. The third kappa shape index (κ3) is 2.85. The molecule has 8 heteroatoms. The molecular formula is C11H15N5O3. The van der Waals surface area contributed by atoms with Crippen molar-refractivity contribution in [3.63, 3.8) is 0 Å². The highest BCUT2D eigenvalue weighted by atomic mass is 16.3. The number of hydrogen-bond donors (Lipinski definition) is 3. The minimum atomic E-state index is -0.997. The maximum Gasteiger partial charge on any atom is 0.291 e. The standard InChI is InChI=1S/C11H15N5O3/c1-6-3-7(2)16-11(13-6)14-9(15-16)10(19)12-4-8(18)5-17/h3,8,17-18H,4-5H2,1-2H3,(H,12,19). The first kappa shape index (κ1) is 13.4. The van der Waals surface area contributed by atoms with Gasteiger partial charge < -0.3 is 15.5 Å². The van der Waals surface area contributed by atoms with E-state index in [1.165, 1.54) is 4.52 Å². The van der Waals surface area contributed by atoms with Crippen molar-refractivity contribution < 1.29 is 15.0 Å². The lowest BCUT2D eigenvalue weighted by Gasteiger charge is -2.06. The van der Waals surface area contributed by atoms with Gasteiger partial charge in [0.25, 0.3) is 11.7 Å². The van der Waals surface area contributed by atoms with Crippen LogP contribution in [0.4, 0.5) is 0 Å². The van der Waals surface area contributed by atoms with Gasteiger partial charge in [0, 0.05) is 17.9 Å². The van der Waals surface area contributed by atoms with E-state index in [2.05, 4.69) is 20.4 Å². The summed E-state index contributed by atoms with van der Waals surface area (Å²) in [6, 6.07) is 1.83. The Morgan fingerprint density at radius 1 is 1.47 bits per heavy atom. The van der Waals surface area contributed by atoms with Crippen LogP contribution in [0, 0.1) is 13.8 Å². The highest BCUT2D eigenvalue weighted by molar-refractivity contribution is 5.90. The van der Waals surface area contributed by atoms with E-state index in [4.69, 9.17) is 10.2 Å². The van der Waals surface area contributed by atoms with E-state index in [0.29, 0.717) is 5.78 Å². The number of fused-ring (bicyclic) bond motifs is 1. The molecular weight excluding hydrogens is 250 g/mol. The number of carbonyl (C=O) groups is 1. The summed E-state index contributed by atoms with van der Waals surface area (Å²) in [5, 5.41) is 24.3. The molecule has 2 aromatic heterocycles. The van der Waals surface area contributed by atoms with Crippen molar-refractivity contribution in [1.82, 2.24) is 24.9 Å². The topological polar surface area (TPSA) is 113 Å². The van der Waals surface area contributed by atoms with Gasteiger partial charge in [-0.2, -0.15) is 4.98 Å². The molecule has 0 fully saturated rings. The predicted molar refractivity (Wildman–Crippen MR) is 65.7 cm³/mol. The van der Waals surface area contributed by atoms with E-state index in [-0.39, 0.29) is 12.4 Å². The van der Waals surface area contributed by atoms with Crippen LogP contribution in [-0.4, -0.2) is 55.0 Å². The third-order valence-electron chi connectivity index (χ3n) is 2.53. The molecule has 0 bridgehead atoms. The summed E-state index contributed by atoms with van der Waals surface area (Å²) in [6.07, 6.45) is -0.997. The maximum atomic E-state index is 11.8. The maximum absolute atomic E-state index is 11.8. The Labute approximate surface area is 109 Å². The molecule has 8 nitrogen and oxygen atoms in total. The fraction of sp³-hybridized carbons (Fsp3) is 0.455. The van der Waals surface area contributed by atoms with Crippen molar-refractivity contribution in [3.05, 3.63) is 23.3 Å². The molecule has 0 aliphatic carbocycles. The van der Waals surface area contributed by atoms with Gasteiger partial charge in [0.2, 0.25) is 5.82 Å². The molecule has 0 saturated heterocycles. The lowest BCUT2D eigenvalue weighted by atomic mass is 10.4. The number of nitrogens with zero attached hydrogens (tertiary/aromatic N) is 4. The number of aliphatic hydroxyl groups is 2. The van der Waals surface area contributed by atoms with E-state index in [0.717, 1.165) is 11.4 Å². The van der Waals surface area contributed by atoms with E-state index >= 15 is 0 Å². The van der Waals surface area contributed by atoms with Crippen LogP contribution in [-0.2, 0) is 0 Å². The lowest BCUT2D eigenvalue weighted by molar-refractivity contribution is 0.0795. The van der Waals surface area contributed by atoms with E-state index in [1.807, 2.05) is 19.9 Å². The van der Waals surface area contributed by atoms with Gasteiger partial charge in [-0.1, -0.05) is 0 Å². The molecule has 2 aromatic rings. The quantitative estimate of drug-likeness (QED) is 0.641. The molecule has 1 unspecified atom stereocenters. The molecule has 0 aromatic carbocycles. The summed E-state index contributed by atoms with van der Waals surface area (Å²) in [4.78, 5) is 20.0. The fourth-order valence-corrected chi connectivity index (χ4v) is 1.62. The second-order valence-electron chi connectivity index (χ2n) is 4.23. The highest BCUT2D eigenvalue weighted by Crippen LogP contribution is 2.05. The molecule has 0 saturated carbocycles. The van der Waals surface area contributed by atoms with Gasteiger partial charge in [-0.3, -0.25) is 4.79 Å². The zero-order chi connectivity index (χ0) is 14.0. The summed E-state index contributed by atoms with van der Waals surface area (Å²) in [5.74, 6) is -0.188. The number of carbonyl (C=O) groups excluding carboxylic acids is 1. The van der Waals surface area contributed by atoms with Crippen molar-refractivity contribution in [2.75, 3.05) is 13.2 Å². The number of rotatable bonds is 4. The van der Waals surface area contributed by atoms with Crippen LogP contribution in [0.25, 0.3) is 5.78 Å². The third-order valence-corrected chi connectivity index (χ3v) is 2.53. The first-order valence-electron chi connectivity index (χ1n) is 5.79. The van der Waals surface area contributed by atoms with Gasteiger partial charge in [-0.15, -0.1) is 5.10 Å². The molecule has 0 aliphatic rings. The fourth-order valence-electron chi connectivity index (χ4n) is 1.62. The summed E-state index contributed by atoms with van der Waals surface area (Å²) >= 11 is 0. The van der Waals surface area contributed by atoms with E-state index in [9.17, 15) is 4.79 Å². The Morgan fingerprint density at radius 2 is 2.21 bits per heavy atom. The van der Waals surface area contributed by atoms with Crippen molar-refractivity contribution in [1.29, 1.82) is 0 Å². The molecule has 0 aliphatic heterocycles. The van der Waals surface area contributed by atoms with Crippen LogP contribution >= 0.6 is 0 Å². The van der Waals surface area contributed by atoms with Crippen LogP contribution < -0.4 is 5.32 Å². The van der Waals surface area contributed by atoms with Crippen LogP contribution in [0.2, 0.25) is 0 Å². The zero-order valence-corrected chi connectivity index (χ0v) is 10.7. The predicted octanol–water partition coefficient (Wildman–Crippen LogP) is -1.18. The van der Waals surface area contributed by atoms with E-state index in [1.54, 1.807) is 0 Å². The number of aromatic nitrogens is 4. The van der Waals surface area contributed by atoms with Gasteiger partial charge in [0.1, 0.15) is 0 Å². The van der Waals surface area contributed by atoms with Gasteiger partial charge in [0.15, 0.2) is 0 Å². The van der Waals surface area contributed by atoms with Gasteiger partial charge in [-0.05, 0) is 19.9 Å². The van der Waals surface area contributed by atoms with Crippen LogP contribution in [0.3, 0.4) is 0 Å². The number of amides is 1. The molecule has 19 heavy (non-hydrogen) atoms. The first-order chi connectivity index (χ1) is 9.01. The Balaban J connectivity index is 2.21. The van der Waals surface area contributed by atoms with Gasteiger partial charge in [0.05, 0.1) is 12.7 Å². The Bertz CT molecular complexity index is 610. The number of aliphatic hydroxyl groups excluding tert-OH is 2. The Morgan fingerprint density at radius 3 is 2.89 bits per heavy atom. The molecule has 3 N–H and O–H groups in total. The molecule has 0 radical (unpaired) electrons. The monoisotopic (exact) mass is 265 g/mol. The minimum Gasteiger partial charge on any atom is -0.394 e. The number of aryl methyl sites for hydroxylation is 2.